The van der Waals surface area contributed by atoms with E-state index in [9.17, 15) is 8.42 Å². The van der Waals surface area contributed by atoms with Crippen molar-refractivity contribution in [2.24, 2.45) is 5.73 Å². The predicted molar refractivity (Wildman–Crippen MR) is 61.5 cm³/mol. The Morgan fingerprint density at radius 2 is 2.12 bits per heavy atom. The quantitative estimate of drug-likeness (QED) is 0.833. The molecule has 0 bridgehead atoms. The monoisotopic (exact) mass is 258 g/mol. The molecule has 1 aromatic rings. The van der Waals surface area contributed by atoms with Crippen molar-refractivity contribution in [1.82, 2.24) is 0 Å². The summed E-state index contributed by atoms with van der Waals surface area (Å²) in [6.45, 7) is 1.93. The van der Waals surface area contributed by atoms with Crippen molar-refractivity contribution in [2.75, 3.05) is 0 Å². The number of rotatable bonds is 3. The van der Waals surface area contributed by atoms with Crippen molar-refractivity contribution >= 4 is 19.7 Å². The molecule has 0 spiro atoms. The summed E-state index contributed by atoms with van der Waals surface area (Å²) < 4.78 is 22.7. The number of hydrogen-bond donors (Lipinski definition) is 1. The molecule has 0 aliphatic heterocycles. The number of nitrogens with two attached hydrogens (primary N) is 1. The van der Waals surface area contributed by atoms with Gasteiger partial charge in [0.15, 0.2) is 0 Å². The molecule has 0 aliphatic carbocycles. The Hall–Kier alpha value is -1.09. The Labute approximate surface area is 99.1 Å². The number of benzene rings is 1. The van der Waals surface area contributed by atoms with E-state index in [4.69, 9.17) is 21.7 Å². The van der Waals surface area contributed by atoms with Crippen molar-refractivity contribution in [3.05, 3.63) is 28.8 Å². The molecule has 86 valence electrons. The summed E-state index contributed by atoms with van der Waals surface area (Å²) in [7, 11) is 1.48. The fourth-order valence-corrected chi connectivity index (χ4v) is 2.76. The Morgan fingerprint density at radius 1 is 1.50 bits per heavy atom. The fraction of sp³-hybridized carbons (Fsp3) is 0.300. The lowest BCUT2D eigenvalue weighted by atomic mass is 10.0. The van der Waals surface area contributed by atoms with Crippen molar-refractivity contribution < 1.29 is 8.42 Å². The third-order valence-corrected chi connectivity index (χ3v) is 3.63. The first-order valence-corrected chi connectivity index (χ1v) is 6.95. The van der Waals surface area contributed by atoms with Gasteiger partial charge in [-0.15, -0.1) is 0 Å². The highest BCUT2D eigenvalue weighted by Crippen LogP contribution is 2.25. The number of nitriles is 1. The van der Waals surface area contributed by atoms with Crippen molar-refractivity contribution in [1.29, 1.82) is 5.26 Å². The summed E-state index contributed by atoms with van der Waals surface area (Å²) in [4.78, 5) is -0.0174. The maximum atomic E-state index is 11.4. The van der Waals surface area contributed by atoms with E-state index in [0.717, 1.165) is 0 Å². The Bertz CT molecular complexity index is 547. The first kappa shape index (κ1) is 13.0. The van der Waals surface area contributed by atoms with Crippen LogP contribution in [-0.4, -0.2) is 8.42 Å². The zero-order chi connectivity index (χ0) is 12.3. The van der Waals surface area contributed by atoms with E-state index in [1.807, 2.05) is 6.07 Å². The topological polar surface area (TPSA) is 83.9 Å². The maximum absolute atomic E-state index is 11.4. The minimum Gasteiger partial charge on any atom is -0.326 e. The fourth-order valence-electron chi connectivity index (χ4n) is 1.50. The van der Waals surface area contributed by atoms with Gasteiger partial charge in [0.25, 0.3) is 9.05 Å². The maximum Gasteiger partial charge on any atom is 0.261 e. The highest BCUT2D eigenvalue weighted by atomic mass is 35.7. The minimum absolute atomic E-state index is 0.0174. The molecule has 0 atom stereocenters. The number of halogens is 1. The summed E-state index contributed by atoms with van der Waals surface area (Å²) in [5.74, 6) is 0. The number of nitrogens with zero attached hydrogens (tertiary/aromatic N) is 1. The van der Waals surface area contributed by atoms with Gasteiger partial charge >= 0.3 is 0 Å². The second-order valence-corrected chi connectivity index (χ2v) is 5.76. The third-order valence-electron chi connectivity index (χ3n) is 2.24. The van der Waals surface area contributed by atoms with Gasteiger partial charge in [0.2, 0.25) is 0 Å². The molecule has 0 saturated carbocycles. The molecule has 0 aromatic heterocycles. The second-order valence-electron chi connectivity index (χ2n) is 3.23. The Kier molecular flexibility index (Phi) is 3.92. The molecular weight excluding hydrogens is 248 g/mol. The summed E-state index contributed by atoms with van der Waals surface area (Å²) in [5, 5.41) is 8.93. The van der Waals surface area contributed by atoms with Crippen LogP contribution in [0.5, 0.6) is 0 Å². The van der Waals surface area contributed by atoms with Crippen LogP contribution in [0, 0.1) is 11.3 Å². The zero-order valence-electron chi connectivity index (χ0n) is 8.70. The van der Waals surface area contributed by atoms with Gasteiger partial charge in [-0.1, -0.05) is 6.92 Å². The van der Waals surface area contributed by atoms with Crippen LogP contribution in [0.3, 0.4) is 0 Å². The SMILES string of the molecule is CCc1c(C#N)cc(CN)cc1S(=O)(=O)Cl. The van der Waals surface area contributed by atoms with Crippen LogP contribution in [0.4, 0.5) is 0 Å². The van der Waals surface area contributed by atoms with Gasteiger partial charge in [0.1, 0.15) is 0 Å². The molecule has 4 nitrogen and oxygen atoms in total. The summed E-state index contributed by atoms with van der Waals surface area (Å²) >= 11 is 0. The van der Waals surface area contributed by atoms with Crippen LogP contribution >= 0.6 is 10.7 Å². The van der Waals surface area contributed by atoms with Gasteiger partial charge in [-0.05, 0) is 29.7 Å². The average Bonchev–Trinajstić information content (AvgIpc) is 2.25. The van der Waals surface area contributed by atoms with E-state index < -0.39 is 9.05 Å². The third kappa shape index (κ3) is 2.53. The molecular formula is C10H11ClN2O2S. The molecule has 0 aliphatic rings. The number of hydrogen-bond acceptors (Lipinski definition) is 4. The molecule has 2 N–H and O–H groups in total. The second kappa shape index (κ2) is 4.83. The van der Waals surface area contributed by atoms with Crippen LogP contribution in [0.2, 0.25) is 0 Å². The molecule has 0 heterocycles. The van der Waals surface area contributed by atoms with Crippen LogP contribution < -0.4 is 5.73 Å². The van der Waals surface area contributed by atoms with E-state index in [1.165, 1.54) is 6.07 Å². The molecule has 6 heteroatoms. The van der Waals surface area contributed by atoms with Crippen LogP contribution in [0.1, 0.15) is 23.6 Å². The summed E-state index contributed by atoms with van der Waals surface area (Å²) in [6, 6.07) is 4.96. The Balaban J connectivity index is 3.65. The van der Waals surface area contributed by atoms with Crippen LogP contribution in [0.15, 0.2) is 17.0 Å². The molecule has 0 amide bonds. The van der Waals surface area contributed by atoms with E-state index in [0.29, 0.717) is 23.1 Å². The molecule has 0 saturated heterocycles. The smallest absolute Gasteiger partial charge is 0.261 e. The first-order valence-electron chi connectivity index (χ1n) is 4.64. The summed E-state index contributed by atoms with van der Waals surface area (Å²) in [5.41, 5.74) is 6.76. The molecule has 1 aromatic carbocycles. The van der Waals surface area contributed by atoms with E-state index in [-0.39, 0.29) is 11.4 Å². The van der Waals surface area contributed by atoms with E-state index >= 15 is 0 Å². The average molecular weight is 259 g/mol. The van der Waals surface area contributed by atoms with Gasteiger partial charge in [0, 0.05) is 17.2 Å². The Morgan fingerprint density at radius 3 is 2.50 bits per heavy atom. The predicted octanol–water partition coefficient (Wildman–Crippen LogP) is 1.51. The van der Waals surface area contributed by atoms with Crippen molar-refractivity contribution in [3.8, 4) is 6.07 Å². The van der Waals surface area contributed by atoms with Gasteiger partial charge < -0.3 is 5.73 Å². The van der Waals surface area contributed by atoms with E-state index in [1.54, 1.807) is 13.0 Å². The van der Waals surface area contributed by atoms with Crippen LogP contribution in [-0.2, 0) is 22.0 Å². The summed E-state index contributed by atoms with van der Waals surface area (Å²) in [6.07, 6.45) is 0.426. The molecule has 0 fully saturated rings. The molecule has 16 heavy (non-hydrogen) atoms. The van der Waals surface area contributed by atoms with E-state index in [2.05, 4.69) is 0 Å². The largest absolute Gasteiger partial charge is 0.326 e. The lowest BCUT2D eigenvalue weighted by Gasteiger charge is -2.09. The van der Waals surface area contributed by atoms with Crippen molar-refractivity contribution in [2.45, 2.75) is 24.8 Å². The van der Waals surface area contributed by atoms with Gasteiger partial charge in [-0.2, -0.15) is 5.26 Å². The lowest BCUT2D eigenvalue weighted by molar-refractivity contribution is 0.608. The van der Waals surface area contributed by atoms with Gasteiger partial charge in [0.05, 0.1) is 16.5 Å². The van der Waals surface area contributed by atoms with Gasteiger partial charge in [-0.3, -0.25) is 0 Å². The molecule has 0 radical (unpaired) electrons. The van der Waals surface area contributed by atoms with Gasteiger partial charge in [-0.25, -0.2) is 8.42 Å². The first-order chi connectivity index (χ1) is 7.43. The zero-order valence-corrected chi connectivity index (χ0v) is 10.3. The standard InChI is InChI=1S/C10H11ClN2O2S/c1-2-9-8(6-13)3-7(5-12)4-10(9)16(11,14)15/h3-4H,2,5,12H2,1H3. The minimum atomic E-state index is -3.85. The molecule has 1 rings (SSSR count). The highest BCUT2D eigenvalue weighted by molar-refractivity contribution is 8.13. The normalized spacial score (nSPS) is 11.1. The molecule has 0 unspecified atom stereocenters. The van der Waals surface area contributed by atoms with Crippen molar-refractivity contribution in [3.63, 3.8) is 0 Å². The van der Waals surface area contributed by atoms with Crippen LogP contribution in [0.25, 0.3) is 0 Å². The lowest BCUT2D eigenvalue weighted by Crippen LogP contribution is -2.05. The highest BCUT2D eigenvalue weighted by Gasteiger charge is 2.18.